The van der Waals surface area contributed by atoms with Gasteiger partial charge >= 0.3 is 11.9 Å². The molecule has 0 saturated carbocycles. The van der Waals surface area contributed by atoms with Crippen molar-refractivity contribution in [2.45, 2.75) is 27.7 Å². The van der Waals surface area contributed by atoms with Crippen LogP contribution >= 0.6 is 0 Å². The summed E-state index contributed by atoms with van der Waals surface area (Å²) in [5.74, 6) is -0.902. The Balaban J connectivity index is 1.98. The minimum atomic E-state index is -0.716. The van der Waals surface area contributed by atoms with E-state index < -0.39 is 24.3 Å². The van der Waals surface area contributed by atoms with Crippen molar-refractivity contribution in [3.63, 3.8) is 0 Å². The van der Waals surface area contributed by atoms with Crippen molar-refractivity contribution in [1.82, 2.24) is 4.98 Å². The van der Waals surface area contributed by atoms with Gasteiger partial charge in [-0.05, 0) is 39.8 Å². The molecule has 0 saturated heterocycles. The average Bonchev–Trinajstić information content (AvgIpc) is 2.99. The Labute approximate surface area is 169 Å². The lowest BCUT2D eigenvalue weighted by Gasteiger charge is -2.11. The Morgan fingerprint density at radius 3 is 2.07 bits per heavy atom. The maximum absolute atomic E-state index is 12.6. The molecule has 2 aromatic rings. The minimum absolute atomic E-state index is 0.160. The van der Waals surface area contributed by atoms with Gasteiger partial charge in [0.05, 0.1) is 24.3 Å². The number of aromatic amines is 1. The van der Waals surface area contributed by atoms with Gasteiger partial charge in [0, 0.05) is 11.4 Å². The quantitative estimate of drug-likeness (QED) is 0.480. The number of hydrogen-bond acceptors (Lipinski definition) is 7. The number of benzene rings is 1. The molecule has 8 nitrogen and oxygen atoms in total. The highest BCUT2D eigenvalue weighted by Gasteiger charge is 2.26. The van der Waals surface area contributed by atoms with E-state index in [4.69, 9.17) is 18.9 Å². The van der Waals surface area contributed by atoms with E-state index >= 15 is 0 Å². The predicted octanol–water partition coefficient (Wildman–Crippen LogP) is 3.01. The highest BCUT2D eigenvalue weighted by molar-refractivity contribution is 6.09. The monoisotopic (exact) mass is 403 g/mol. The maximum atomic E-state index is 12.6. The smallest absolute Gasteiger partial charge is 0.344 e. The van der Waals surface area contributed by atoms with Gasteiger partial charge in [0.1, 0.15) is 0 Å². The number of ketones is 1. The molecule has 156 valence electrons. The van der Waals surface area contributed by atoms with Crippen molar-refractivity contribution in [2.24, 2.45) is 0 Å². The van der Waals surface area contributed by atoms with Crippen molar-refractivity contribution in [3.05, 3.63) is 46.8 Å². The number of esters is 2. The molecule has 1 aromatic carbocycles. The van der Waals surface area contributed by atoms with Crippen LogP contribution in [0, 0.1) is 13.8 Å². The number of aromatic nitrogens is 1. The van der Waals surface area contributed by atoms with Crippen LogP contribution in [0.2, 0.25) is 0 Å². The molecule has 0 amide bonds. The van der Waals surface area contributed by atoms with Crippen molar-refractivity contribution in [1.29, 1.82) is 0 Å². The van der Waals surface area contributed by atoms with Gasteiger partial charge in [0.25, 0.3) is 0 Å². The normalized spacial score (nSPS) is 10.3. The molecule has 1 aromatic heterocycles. The highest BCUT2D eigenvalue weighted by atomic mass is 16.6. The highest BCUT2D eigenvalue weighted by Crippen LogP contribution is 2.26. The van der Waals surface area contributed by atoms with E-state index in [0.717, 1.165) is 0 Å². The van der Waals surface area contributed by atoms with Gasteiger partial charge in [0.2, 0.25) is 5.78 Å². The van der Waals surface area contributed by atoms with E-state index in [1.807, 2.05) is 6.92 Å². The van der Waals surface area contributed by atoms with Gasteiger partial charge in [-0.1, -0.05) is 12.1 Å². The SMILES string of the molecule is CCOC(=O)c1c(C)[nH]c(C)c1C(=O)COC(=O)COc1ccccc1OCC. The number of Topliss-reactive ketones (excluding diaryl/α,β-unsaturated/α-hetero) is 1. The summed E-state index contributed by atoms with van der Waals surface area (Å²) in [5.41, 5.74) is 1.35. The number of carbonyl (C=O) groups excluding carboxylic acids is 3. The van der Waals surface area contributed by atoms with Crippen LogP contribution in [0.1, 0.15) is 46.0 Å². The lowest BCUT2D eigenvalue weighted by atomic mass is 10.1. The molecule has 0 fully saturated rings. The van der Waals surface area contributed by atoms with E-state index in [2.05, 4.69) is 4.98 Å². The predicted molar refractivity (Wildman–Crippen MR) is 105 cm³/mol. The molecule has 0 radical (unpaired) electrons. The average molecular weight is 403 g/mol. The minimum Gasteiger partial charge on any atom is -0.490 e. The lowest BCUT2D eigenvalue weighted by molar-refractivity contribution is -0.144. The van der Waals surface area contributed by atoms with Gasteiger partial charge in [-0.3, -0.25) is 4.79 Å². The van der Waals surface area contributed by atoms with Crippen molar-refractivity contribution >= 4 is 17.7 Å². The fourth-order valence-electron chi connectivity index (χ4n) is 2.83. The number of nitrogens with one attached hydrogen (secondary N) is 1. The first-order valence-corrected chi connectivity index (χ1v) is 9.28. The Morgan fingerprint density at radius 1 is 0.828 bits per heavy atom. The molecule has 0 bridgehead atoms. The van der Waals surface area contributed by atoms with Crippen LogP contribution in [0.25, 0.3) is 0 Å². The molecular weight excluding hydrogens is 378 g/mol. The number of carbonyl (C=O) groups is 3. The summed E-state index contributed by atoms with van der Waals surface area (Å²) < 4.78 is 20.9. The molecule has 8 heteroatoms. The van der Waals surface area contributed by atoms with E-state index in [0.29, 0.717) is 29.5 Å². The third kappa shape index (κ3) is 5.60. The molecule has 0 aliphatic heterocycles. The van der Waals surface area contributed by atoms with E-state index in [1.165, 1.54) is 0 Å². The molecule has 0 spiro atoms. The van der Waals surface area contributed by atoms with Crippen LogP contribution in [0.5, 0.6) is 11.5 Å². The molecule has 1 N–H and O–H groups in total. The molecule has 2 rings (SSSR count). The Bertz CT molecular complexity index is 885. The third-order valence-electron chi connectivity index (χ3n) is 3.99. The van der Waals surface area contributed by atoms with Crippen molar-refractivity contribution in [3.8, 4) is 11.5 Å². The second-order valence-electron chi connectivity index (χ2n) is 6.10. The number of aryl methyl sites for hydroxylation is 2. The Hall–Kier alpha value is -3.29. The standard InChI is InChI=1S/C21H25NO7/c1-5-26-16-9-7-8-10-17(16)28-12-18(24)29-11-15(23)19-13(3)22-14(4)20(19)21(25)27-6-2/h7-10,22H,5-6,11-12H2,1-4H3. The summed E-state index contributed by atoms with van der Waals surface area (Å²) in [6.07, 6.45) is 0. The molecule has 1 heterocycles. The van der Waals surface area contributed by atoms with Crippen LogP contribution in [-0.2, 0) is 14.3 Å². The number of H-pyrrole nitrogens is 1. The van der Waals surface area contributed by atoms with Gasteiger partial charge in [-0.2, -0.15) is 0 Å². The van der Waals surface area contributed by atoms with Crippen LogP contribution in [0.4, 0.5) is 0 Å². The van der Waals surface area contributed by atoms with Gasteiger partial charge in [-0.15, -0.1) is 0 Å². The molecule has 0 atom stereocenters. The number of para-hydroxylation sites is 2. The largest absolute Gasteiger partial charge is 0.490 e. The molecule has 0 aliphatic carbocycles. The third-order valence-corrected chi connectivity index (χ3v) is 3.99. The van der Waals surface area contributed by atoms with Crippen molar-refractivity contribution in [2.75, 3.05) is 26.4 Å². The summed E-state index contributed by atoms with van der Waals surface area (Å²) >= 11 is 0. The first-order chi connectivity index (χ1) is 13.9. The summed E-state index contributed by atoms with van der Waals surface area (Å²) in [6.45, 7) is 6.60. The van der Waals surface area contributed by atoms with Crippen LogP contribution < -0.4 is 9.47 Å². The molecule has 0 aliphatic rings. The summed E-state index contributed by atoms with van der Waals surface area (Å²) in [6, 6.07) is 6.93. The van der Waals surface area contributed by atoms with E-state index in [-0.39, 0.29) is 24.3 Å². The first kappa shape index (κ1) is 22.0. The second kappa shape index (κ2) is 10.3. The zero-order chi connectivity index (χ0) is 21.4. The zero-order valence-electron chi connectivity index (χ0n) is 17.0. The fourth-order valence-corrected chi connectivity index (χ4v) is 2.83. The van der Waals surface area contributed by atoms with Crippen molar-refractivity contribution < 1.29 is 33.3 Å². The van der Waals surface area contributed by atoms with Crippen LogP contribution in [0.3, 0.4) is 0 Å². The van der Waals surface area contributed by atoms with Gasteiger partial charge in [0.15, 0.2) is 24.7 Å². The molecule has 0 unspecified atom stereocenters. The molecule has 29 heavy (non-hydrogen) atoms. The molecular formula is C21H25NO7. The van der Waals surface area contributed by atoms with Gasteiger partial charge in [-0.25, -0.2) is 9.59 Å². The lowest BCUT2D eigenvalue weighted by Crippen LogP contribution is -2.21. The summed E-state index contributed by atoms with van der Waals surface area (Å²) in [5, 5.41) is 0. The van der Waals surface area contributed by atoms with E-state index in [9.17, 15) is 14.4 Å². The zero-order valence-corrected chi connectivity index (χ0v) is 17.0. The van der Waals surface area contributed by atoms with Crippen LogP contribution in [-0.4, -0.2) is 49.1 Å². The maximum Gasteiger partial charge on any atom is 0.344 e. The first-order valence-electron chi connectivity index (χ1n) is 9.28. The van der Waals surface area contributed by atoms with Crippen LogP contribution in [0.15, 0.2) is 24.3 Å². The Kier molecular flexibility index (Phi) is 7.82. The summed E-state index contributed by atoms with van der Waals surface area (Å²) in [4.78, 5) is 39.7. The number of rotatable bonds is 10. The number of hydrogen-bond donors (Lipinski definition) is 1. The fraction of sp³-hybridized carbons (Fsp3) is 0.381. The van der Waals surface area contributed by atoms with E-state index in [1.54, 1.807) is 45.0 Å². The van der Waals surface area contributed by atoms with Gasteiger partial charge < -0.3 is 23.9 Å². The summed E-state index contributed by atoms with van der Waals surface area (Å²) in [7, 11) is 0. The second-order valence-corrected chi connectivity index (χ2v) is 6.10. The number of ether oxygens (including phenoxy) is 4. The Morgan fingerprint density at radius 2 is 1.45 bits per heavy atom. The topological polar surface area (TPSA) is 104 Å².